The van der Waals surface area contributed by atoms with E-state index in [1.807, 2.05) is 42.5 Å². The van der Waals surface area contributed by atoms with Gasteiger partial charge in [-0.15, -0.1) is 4.99 Å². The number of hydrogen-bond donors (Lipinski definition) is 1. The fourth-order valence-electron chi connectivity index (χ4n) is 3.28. The van der Waals surface area contributed by atoms with Crippen LogP contribution in [0.2, 0.25) is 0 Å². The maximum absolute atomic E-state index is 6.09. The molecule has 1 N–H and O–H groups in total. The van der Waals surface area contributed by atoms with Crippen molar-refractivity contribution in [3.8, 4) is 5.75 Å². The predicted molar refractivity (Wildman–Crippen MR) is 94.2 cm³/mol. The van der Waals surface area contributed by atoms with Crippen LogP contribution in [-0.4, -0.2) is 32.5 Å². The molecule has 0 aliphatic carbocycles. The first-order chi connectivity index (χ1) is 12.9. The number of ether oxygens (including phenoxy) is 3. The van der Waals surface area contributed by atoms with Gasteiger partial charge in [0.1, 0.15) is 18.5 Å². The van der Waals surface area contributed by atoms with E-state index in [-0.39, 0.29) is 6.10 Å². The Hall–Kier alpha value is -1.96. The third-order valence-electron chi connectivity index (χ3n) is 4.62. The lowest BCUT2D eigenvalue weighted by atomic mass is 9.97. The molecule has 6 heteroatoms. The average molecular weight is 357 g/mol. The third kappa shape index (κ3) is 3.90. The summed E-state index contributed by atoms with van der Waals surface area (Å²) in [7, 11) is 0. The van der Waals surface area contributed by atoms with Crippen LogP contribution in [-0.2, 0) is 31.6 Å². The monoisotopic (exact) mass is 357 g/mol. The fourth-order valence-corrected chi connectivity index (χ4v) is 3.28. The van der Waals surface area contributed by atoms with Gasteiger partial charge in [-0.05, 0) is 24.1 Å². The van der Waals surface area contributed by atoms with Gasteiger partial charge in [-0.2, -0.15) is 5.48 Å². The van der Waals surface area contributed by atoms with Crippen molar-refractivity contribution < 1.29 is 24.1 Å². The Balaban J connectivity index is 1.52. The van der Waals surface area contributed by atoms with Gasteiger partial charge >= 0.3 is 0 Å². The van der Waals surface area contributed by atoms with E-state index in [4.69, 9.17) is 24.1 Å². The molecule has 2 saturated heterocycles. The molecule has 138 valence electrons. The van der Waals surface area contributed by atoms with Crippen molar-refractivity contribution in [2.75, 3.05) is 26.4 Å². The zero-order valence-corrected chi connectivity index (χ0v) is 14.6. The zero-order valence-electron chi connectivity index (χ0n) is 14.6. The third-order valence-corrected chi connectivity index (χ3v) is 4.62. The Kier molecular flexibility index (Phi) is 5.48. The second-order valence-electron chi connectivity index (χ2n) is 6.39. The number of hydroxylamine groups is 1. The summed E-state index contributed by atoms with van der Waals surface area (Å²) in [5.74, 6) is -0.0319. The molecule has 4 rings (SSSR count). The van der Waals surface area contributed by atoms with Crippen LogP contribution in [0.5, 0.6) is 5.75 Å². The van der Waals surface area contributed by atoms with Gasteiger partial charge in [0.25, 0.3) is 0 Å². The molecule has 1 atom stereocenters. The summed E-state index contributed by atoms with van der Waals surface area (Å²) >= 11 is 0. The number of rotatable bonds is 7. The molecule has 2 aromatic carbocycles. The lowest BCUT2D eigenvalue weighted by Crippen LogP contribution is -2.29. The van der Waals surface area contributed by atoms with Crippen LogP contribution in [0.3, 0.4) is 0 Å². The molecule has 0 spiro atoms. The highest BCUT2D eigenvalue weighted by Gasteiger charge is 2.40. The fraction of sp³-hybridized carbons (Fsp3) is 0.400. The molecule has 0 aromatic heterocycles. The number of nitrogens with one attached hydrogen (secondary N) is 1. The van der Waals surface area contributed by atoms with Crippen molar-refractivity contribution in [2.45, 2.75) is 24.7 Å². The number of para-hydroxylation sites is 1. The van der Waals surface area contributed by atoms with Gasteiger partial charge in [0, 0.05) is 6.42 Å². The first-order valence-electron chi connectivity index (χ1n) is 8.95. The van der Waals surface area contributed by atoms with E-state index < -0.39 is 5.79 Å². The van der Waals surface area contributed by atoms with Gasteiger partial charge in [0.2, 0.25) is 0 Å². The summed E-state index contributed by atoms with van der Waals surface area (Å²) in [6.07, 6.45) is 1.44. The quantitative estimate of drug-likeness (QED) is 0.769. The molecule has 0 bridgehead atoms. The molecule has 2 fully saturated rings. The first-order valence-corrected chi connectivity index (χ1v) is 8.95. The standard InChI is InChI=1S/C20H23NO5/c1-2-6-16(7-3-1)10-11-20(23-12-13-24-20)18-8-4-5-9-19(18)22-15-17-14-21-26-25-17/h1-9,17,21H,10-15H2. The van der Waals surface area contributed by atoms with Gasteiger partial charge in [0.05, 0.1) is 25.3 Å². The minimum absolute atomic E-state index is 0.145. The van der Waals surface area contributed by atoms with E-state index in [1.54, 1.807) is 0 Å². The summed E-state index contributed by atoms with van der Waals surface area (Å²) in [6.45, 7) is 2.13. The smallest absolute Gasteiger partial charge is 0.198 e. The molecule has 0 radical (unpaired) electrons. The predicted octanol–water partition coefficient (Wildman–Crippen LogP) is 2.73. The topological polar surface area (TPSA) is 58.2 Å². The lowest BCUT2D eigenvalue weighted by molar-refractivity contribution is -0.309. The summed E-state index contributed by atoms with van der Waals surface area (Å²) in [5, 5.41) is 0. The minimum atomic E-state index is -0.780. The van der Waals surface area contributed by atoms with Crippen molar-refractivity contribution in [3.63, 3.8) is 0 Å². The van der Waals surface area contributed by atoms with Gasteiger partial charge in [-0.3, -0.25) is 0 Å². The Morgan fingerprint density at radius 1 is 1.00 bits per heavy atom. The Morgan fingerprint density at radius 2 is 1.77 bits per heavy atom. The van der Waals surface area contributed by atoms with Crippen molar-refractivity contribution in [1.82, 2.24) is 5.48 Å². The summed E-state index contributed by atoms with van der Waals surface area (Å²) in [4.78, 5) is 9.78. The molecule has 1 unspecified atom stereocenters. The summed E-state index contributed by atoms with van der Waals surface area (Å²) in [5.41, 5.74) is 4.85. The van der Waals surface area contributed by atoms with Crippen LogP contribution in [0.4, 0.5) is 0 Å². The number of hydrogen-bond acceptors (Lipinski definition) is 6. The van der Waals surface area contributed by atoms with Gasteiger partial charge < -0.3 is 14.2 Å². The van der Waals surface area contributed by atoms with Crippen LogP contribution in [0.25, 0.3) is 0 Å². The van der Waals surface area contributed by atoms with Gasteiger partial charge in [-0.1, -0.05) is 42.5 Å². The molecule has 2 aromatic rings. The summed E-state index contributed by atoms with van der Waals surface area (Å²) in [6, 6.07) is 18.2. The van der Waals surface area contributed by atoms with Crippen molar-refractivity contribution >= 4 is 0 Å². The molecule has 26 heavy (non-hydrogen) atoms. The van der Waals surface area contributed by atoms with Crippen molar-refractivity contribution in [3.05, 3.63) is 65.7 Å². The molecule has 0 amide bonds. The van der Waals surface area contributed by atoms with E-state index in [9.17, 15) is 0 Å². The largest absolute Gasteiger partial charge is 0.490 e. The van der Waals surface area contributed by atoms with Crippen LogP contribution < -0.4 is 10.2 Å². The first kappa shape index (κ1) is 17.5. The molecular weight excluding hydrogens is 334 g/mol. The van der Waals surface area contributed by atoms with E-state index in [0.29, 0.717) is 26.4 Å². The van der Waals surface area contributed by atoms with Crippen LogP contribution in [0.15, 0.2) is 54.6 Å². The van der Waals surface area contributed by atoms with Crippen molar-refractivity contribution in [2.24, 2.45) is 0 Å². The summed E-state index contributed by atoms with van der Waals surface area (Å²) < 4.78 is 18.2. The normalized spacial score (nSPS) is 21.8. The van der Waals surface area contributed by atoms with Crippen LogP contribution >= 0.6 is 0 Å². The van der Waals surface area contributed by atoms with Gasteiger partial charge in [0.15, 0.2) is 5.79 Å². The number of benzene rings is 2. The molecule has 0 saturated carbocycles. The zero-order chi connectivity index (χ0) is 17.7. The second kappa shape index (κ2) is 8.16. The molecule has 2 heterocycles. The number of aryl methyl sites for hydroxylation is 1. The Bertz CT molecular complexity index is 696. The van der Waals surface area contributed by atoms with Crippen molar-refractivity contribution in [1.29, 1.82) is 0 Å². The molecule has 2 aliphatic heterocycles. The lowest BCUT2D eigenvalue weighted by Gasteiger charge is -2.30. The SMILES string of the molecule is c1ccc(CCC2(c3ccccc3OCC3CNOO3)OCCO2)cc1. The highest BCUT2D eigenvalue weighted by atomic mass is 17.3. The highest BCUT2D eigenvalue weighted by molar-refractivity contribution is 5.37. The maximum atomic E-state index is 6.09. The maximum Gasteiger partial charge on any atom is 0.198 e. The minimum Gasteiger partial charge on any atom is -0.490 e. The van der Waals surface area contributed by atoms with E-state index >= 15 is 0 Å². The molecule has 6 nitrogen and oxygen atoms in total. The van der Waals surface area contributed by atoms with E-state index in [2.05, 4.69) is 17.6 Å². The highest BCUT2D eigenvalue weighted by Crippen LogP contribution is 2.40. The second-order valence-corrected chi connectivity index (χ2v) is 6.39. The van der Waals surface area contributed by atoms with Crippen LogP contribution in [0, 0.1) is 0 Å². The molecular formula is C20H23NO5. The Labute approximate surface area is 152 Å². The van der Waals surface area contributed by atoms with Crippen LogP contribution in [0.1, 0.15) is 17.5 Å². The van der Waals surface area contributed by atoms with E-state index in [1.165, 1.54) is 5.56 Å². The Morgan fingerprint density at radius 3 is 2.54 bits per heavy atom. The van der Waals surface area contributed by atoms with E-state index in [0.717, 1.165) is 24.2 Å². The van der Waals surface area contributed by atoms with Gasteiger partial charge in [-0.25, -0.2) is 4.89 Å². The molecule has 2 aliphatic rings. The average Bonchev–Trinajstić information content (AvgIpc) is 3.39.